The van der Waals surface area contributed by atoms with Crippen LogP contribution in [0.25, 0.3) is 0 Å². The first kappa shape index (κ1) is 45.8. The quantitative estimate of drug-likeness (QED) is 0.0348. The molecule has 0 aromatic carbocycles. The van der Waals surface area contributed by atoms with Gasteiger partial charge in [-0.05, 0) is 6.42 Å². The van der Waals surface area contributed by atoms with Crippen molar-refractivity contribution in [2.24, 2.45) is 0 Å². The summed E-state index contributed by atoms with van der Waals surface area (Å²) < 4.78 is 40.2. The maximum Gasteiger partial charge on any atom is 0.472 e. The maximum absolute atomic E-state index is 12.4. The largest absolute Gasteiger partial charge is 0.472 e. The molecule has 0 aliphatic heterocycles. The Morgan fingerprint density at radius 2 is 1.04 bits per heavy atom. The average Bonchev–Trinajstić information content (AvgIpc) is 3.03. The van der Waals surface area contributed by atoms with Gasteiger partial charge in [0.1, 0.15) is 55.9 Å². The van der Waals surface area contributed by atoms with Crippen LogP contribution in [0.4, 0.5) is 0 Å². The molecule has 6 N–H and O–H groups in total. The van der Waals surface area contributed by atoms with Gasteiger partial charge in [-0.3, -0.25) is 9.05 Å². The monoisotopic (exact) mass is 716 g/mol. The van der Waals surface area contributed by atoms with Crippen LogP contribution in [0.1, 0.15) is 110 Å². The molecule has 288 valence electrons. The predicted octanol–water partition coefficient (Wildman–Crippen LogP) is 3.69. The molecule has 1 fully saturated rings. The number of quaternary nitrogens is 1. The Morgan fingerprint density at radius 1 is 0.583 bits per heavy atom. The highest BCUT2D eigenvalue weighted by Crippen LogP contribution is 2.43. The van der Waals surface area contributed by atoms with E-state index in [4.69, 9.17) is 23.3 Å². The normalized spacial score (nSPS) is 25.3. The number of nitrogens with zero attached hydrogens (tertiary/aromatic N) is 1. The number of aliphatic hydroxyl groups is 5. The molecule has 1 aliphatic carbocycles. The van der Waals surface area contributed by atoms with Gasteiger partial charge in [-0.15, -0.1) is 0 Å². The van der Waals surface area contributed by atoms with E-state index in [-0.39, 0.29) is 33.0 Å². The Bertz CT molecular complexity index is 803. The summed E-state index contributed by atoms with van der Waals surface area (Å²) >= 11 is 0. The number of ether oxygens (including phenoxy) is 3. The third kappa shape index (κ3) is 21.9. The molecule has 48 heavy (non-hydrogen) atoms. The first-order valence-electron chi connectivity index (χ1n) is 18.4. The van der Waals surface area contributed by atoms with Crippen molar-refractivity contribution in [3.63, 3.8) is 0 Å². The van der Waals surface area contributed by atoms with Crippen molar-refractivity contribution < 1.29 is 62.7 Å². The Morgan fingerprint density at radius 3 is 1.52 bits per heavy atom. The Balaban J connectivity index is 2.31. The molecule has 0 saturated heterocycles. The third-order valence-corrected chi connectivity index (χ3v) is 9.69. The smallest absolute Gasteiger partial charge is 0.387 e. The number of rotatable bonds is 31. The van der Waals surface area contributed by atoms with Gasteiger partial charge in [0, 0.05) is 6.61 Å². The van der Waals surface area contributed by atoms with E-state index < -0.39 is 50.6 Å². The van der Waals surface area contributed by atoms with E-state index in [1.807, 2.05) is 21.1 Å². The summed E-state index contributed by atoms with van der Waals surface area (Å²) in [4.78, 5) is 10.1. The number of hydrogen-bond donors (Lipinski definition) is 6. The molecular formula is C34H71NO12P+. The number of phosphoric acid groups is 1. The lowest BCUT2D eigenvalue weighted by atomic mass is 9.85. The molecule has 0 radical (unpaired) electrons. The van der Waals surface area contributed by atoms with E-state index in [1.165, 1.54) is 83.5 Å². The first-order chi connectivity index (χ1) is 22.8. The van der Waals surface area contributed by atoms with Gasteiger partial charge in [-0.1, -0.05) is 103 Å². The lowest BCUT2D eigenvalue weighted by molar-refractivity contribution is -0.870. The highest BCUT2D eigenvalue weighted by molar-refractivity contribution is 7.47. The molecular weight excluding hydrogens is 645 g/mol. The molecule has 0 aromatic heterocycles. The van der Waals surface area contributed by atoms with Gasteiger partial charge in [0.05, 0.1) is 47.6 Å². The lowest BCUT2D eigenvalue weighted by Gasteiger charge is -2.41. The molecule has 13 nitrogen and oxygen atoms in total. The molecule has 1 saturated carbocycles. The van der Waals surface area contributed by atoms with Crippen molar-refractivity contribution in [3.8, 4) is 0 Å². The lowest BCUT2D eigenvalue weighted by Crippen LogP contribution is -2.64. The summed E-state index contributed by atoms with van der Waals surface area (Å²) in [5, 5.41) is 49.9. The van der Waals surface area contributed by atoms with Crippen molar-refractivity contribution in [1.82, 2.24) is 0 Å². The van der Waals surface area contributed by atoms with Crippen molar-refractivity contribution >= 4 is 7.82 Å². The number of unbranched alkanes of at least 4 members (excludes halogenated alkanes) is 15. The number of likely N-dealkylation sites (N-methyl/N-ethyl adjacent to an activating group) is 1. The first-order valence-corrected chi connectivity index (χ1v) is 19.9. The molecule has 1 aliphatic rings. The Hall–Kier alpha value is -0.250. The summed E-state index contributed by atoms with van der Waals surface area (Å²) in [7, 11) is 1.47. The van der Waals surface area contributed by atoms with Crippen molar-refractivity contribution in [3.05, 3.63) is 0 Å². The second-order valence-corrected chi connectivity index (χ2v) is 15.7. The number of hydrogen-bond acceptors (Lipinski definition) is 11. The molecule has 0 aromatic rings. The van der Waals surface area contributed by atoms with Crippen LogP contribution in [0.2, 0.25) is 0 Å². The molecule has 0 bridgehead atoms. The van der Waals surface area contributed by atoms with Gasteiger partial charge in [-0.2, -0.15) is 0 Å². The number of aliphatic hydroxyl groups excluding tert-OH is 5. The summed E-state index contributed by atoms with van der Waals surface area (Å²) in [6.07, 6.45) is 10.1. The van der Waals surface area contributed by atoms with Crippen LogP contribution >= 0.6 is 7.82 Å². The van der Waals surface area contributed by atoms with Crippen LogP contribution in [-0.4, -0.2) is 145 Å². The number of phosphoric ester groups is 1. The van der Waals surface area contributed by atoms with Gasteiger partial charge < -0.3 is 49.1 Å². The predicted molar refractivity (Wildman–Crippen MR) is 185 cm³/mol. The summed E-state index contributed by atoms with van der Waals surface area (Å²) in [6.45, 7) is 2.89. The summed E-state index contributed by atoms with van der Waals surface area (Å²) in [5.74, 6) is 0. The van der Waals surface area contributed by atoms with Gasteiger partial charge in [0.2, 0.25) is 0 Å². The molecule has 8 atom stereocenters. The third-order valence-electron chi connectivity index (χ3n) is 8.71. The highest BCUT2D eigenvalue weighted by atomic mass is 31.2. The minimum absolute atomic E-state index is 0.0326. The SMILES string of the molecule is CCCCCCCCCCCCCCCCCCOC[C@H](COP(=O)(O)OCC[N+](C)(C)C)OCCO[C@@H]1[C@@H](O)[C@H](O)[C@@H](O)[C@H](O)[C@@H]1O. The average molecular weight is 717 g/mol. The zero-order chi connectivity index (χ0) is 35.8. The van der Waals surface area contributed by atoms with Crippen LogP contribution in [0.5, 0.6) is 0 Å². The minimum atomic E-state index is -4.33. The van der Waals surface area contributed by atoms with Gasteiger partial charge >= 0.3 is 7.82 Å². The zero-order valence-corrected chi connectivity index (χ0v) is 31.2. The molecule has 0 spiro atoms. The fourth-order valence-corrected chi connectivity index (χ4v) is 6.29. The zero-order valence-electron chi connectivity index (χ0n) is 30.3. The molecule has 1 rings (SSSR count). The van der Waals surface area contributed by atoms with E-state index in [2.05, 4.69) is 6.92 Å². The molecule has 1 unspecified atom stereocenters. The molecule has 0 heterocycles. The van der Waals surface area contributed by atoms with E-state index in [0.29, 0.717) is 17.6 Å². The standard InChI is InChI=1S/C34H70NO12P/c1-5-6-7-8-9-10-11-12-13-14-15-16-17-18-19-20-22-43-26-28(27-47-48(41,42)46-23-21-35(2,3)4)44-24-25-45-34-32(39)30(37)29(36)31(38)33(34)40/h28-34,36-40H,5-27H2,1-4H3/p+1/t28-,29-,30-,31+,32+,33+,34-/m1/s1. The topological polar surface area (TPSA) is 185 Å². The van der Waals surface area contributed by atoms with Crippen molar-refractivity contribution in [2.45, 2.75) is 152 Å². The maximum atomic E-state index is 12.4. The van der Waals surface area contributed by atoms with E-state index in [1.54, 1.807) is 0 Å². The minimum Gasteiger partial charge on any atom is -0.387 e. The van der Waals surface area contributed by atoms with E-state index in [9.17, 15) is 35.0 Å². The van der Waals surface area contributed by atoms with Crippen LogP contribution < -0.4 is 0 Å². The molecule has 14 heteroatoms. The van der Waals surface area contributed by atoms with Crippen LogP contribution in [0.3, 0.4) is 0 Å². The van der Waals surface area contributed by atoms with E-state index >= 15 is 0 Å². The Kier molecular flexibility index (Phi) is 25.3. The fourth-order valence-electron chi connectivity index (χ4n) is 5.55. The second-order valence-electron chi connectivity index (χ2n) is 14.3. The van der Waals surface area contributed by atoms with Crippen molar-refractivity contribution in [1.29, 1.82) is 0 Å². The second kappa shape index (κ2) is 26.5. The van der Waals surface area contributed by atoms with Crippen LogP contribution in [0.15, 0.2) is 0 Å². The van der Waals surface area contributed by atoms with Crippen LogP contribution in [0, 0.1) is 0 Å². The van der Waals surface area contributed by atoms with Gasteiger partial charge in [0.15, 0.2) is 0 Å². The summed E-state index contributed by atoms with van der Waals surface area (Å²) in [5.41, 5.74) is 0. The highest BCUT2D eigenvalue weighted by Gasteiger charge is 2.48. The van der Waals surface area contributed by atoms with Gasteiger partial charge in [0.25, 0.3) is 0 Å². The van der Waals surface area contributed by atoms with E-state index in [0.717, 1.165) is 19.3 Å². The molecule has 0 amide bonds. The van der Waals surface area contributed by atoms with Crippen molar-refractivity contribution in [2.75, 3.05) is 67.3 Å². The van der Waals surface area contributed by atoms with Crippen LogP contribution in [-0.2, 0) is 27.8 Å². The fraction of sp³-hybridized carbons (Fsp3) is 1.00. The Labute approximate surface area is 290 Å². The van der Waals surface area contributed by atoms with Gasteiger partial charge in [-0.25, -0.2) is 4.57 Å². The summed E-state index contributed by atoms with van der Waals surface area (Å²) in [6, 6.07) is 0.